The second-order valence-electron chi connectivity index (χ2n) is 5.34. The lowest BCUT2D eigenvalue weighted by atomic mass is 9.63. The van der Waals surface area contributed by atoms with Gasteiger partial charge in [-0.3, -0.25) is 14.4 Å². The molecular weight excluding hydrogens is 220 g/mol. The minimum atomic E-state index is -0.999. The Hall–Kier alpha value is -1.19. The van der Waals surface area contributed by atoms with Crippen molar-refractivity contribution in [2.75, 3.05) is 7.11 Å². The molecule has 1 atom stereocenters. The van der Waals surface area contributed by atoms with Crippen LogP contribution in [0.1, 0.15) is 46.5 Å². The van der Waals surface area contributed by atoms with Gasteiger partial charge in [0.25, 0.3) is 0 Å². The van der Waals surface area contributed by atoms with Crippen LogP contribution in [0.4, 0.5) is 0 Å². The standard InChI is InChI=1S/C13H20O4/c1-9(14)13(8-6-11(16)17-4)10(15)5-7-12(13,2)3/h5-8H2,1-4H3. The highest BCUT2D eigenvalue weighted by atomic mass is 16.5. The van der Waals surface area contributed by atoms with E-state index in [9.17, 15) is 14.4 Å². The van der Waals surface area contributed by atoms with E-state index >= 15 is 0 Å². The summed E-state index contributed by atoms with van der Waals surface area (Å²) in [7, 11) is 1.31. The zero-order valence-corrected chi connectivity index (χ0v) is 11.0. The van der Waals surface area contributed by atoms with Crippen LogP contribution in [0.5, 0.6) is 0 Å². The van der Waals surface area contributed by atoms with Gasteiger partial charge >= 0.3 is 5.97 Å². The molecule has 17 heavy (non-hydrogen) atoms. The van der Waals surface area contributed by atoms with E-state index < -0.39 is 5.41 Å². The largest absolute Gasteiger partial charge is 0.469 e. The van der Waals surface area contributed by atoms with Crippen molar-refractivity contribution in [2.24, 2.45) is 10.8 Å². The summed E-state index contributed by atoms with van der Waals surface area (Å²) >= 11 is 0. The molecule has 1 fully saturated rings. The Morgan fingerprint density at radius 2 is 1.94 bits per heavy atom. The van der Waals surface area contributed by atoms with Crippen LogP contribution in [-0.4, -0.2) is 24.6 Å². The number of carbonyl (C=O) groups is 3. The van der Waals surface area contributed by atoms with Gasteiger partial charge in [-0.2, -0.15) is 0 Å². The Labute approximate surface area is 102 Å². The molecule has 1 aliphatic carbocycles. The molecule has 0 heterocycles. The van der Waals surface area contributed by atoms with E-state index in [1.807, 2.05) is 13.8 Å². The molecule has 4 heteroatoms. The maximum Gasteiger partial charge on any atom is 0.305 e. The smallest absolute Gasteiger partial charge is 0.305 e. The van der Waals surface area contributed by atoms with E-state index in [1.165, 1.54) is 14.0 Å². The van der Waals surface area contributed by atoms with Crippen LogP contribution >= 0.6 is 0 Å². The molecule has 0 radical (unpaired) electrons. The highest BCUT2D eigenvalue weighted by Gasteiger charge is 2.57. The fraction of sp³-hybridized carbons (Fsp3) is 0.769. The maximum atomic E-state index is 12.1. The molecule has 1 unspecified atom stereocenters. The number of esters is 1. The molecule has 0 aromatic rings. The van der Waals surface area contributed by atoms with Crippen molar-refractivity contribution in [2.45, 2.75) is 46.5 Å². The maximum absolute atomic E-state index is 12.1. The summed E-state index contributed by atoms with van der Waals surface area (Å²) in [6.07, 6.45) is 1.51. The Bertz CT molecular complexity index is 356. The van der Waals surface area contributed by atoms with Crippen molar-refractivity contribution in [1.29, 1.82) is 0 Å². The average Bonchev–Trinajstić information content (AvgIpc) is 2.48. The number of rotatable bonds is 4. The number of hydrogen-bond donors (Lipinski definition) is 0. The van der Waals surface area contributed by atoms with Gasteiger partial charge in [-0.25, -0.2) is 0 Å². The van der Waals surface area contributed by atoms with Crippen LogP contribution in [-0.2, 0) is 19.1 Å². The van der Waals surface area contributed by atoms with Crippen molar-refractivity contribution >= 4 is 17.5 Å². The summed E-state index contributed by atoms with van der Waals surface area (Å²) in [4.78, 5) is 35.2. The molecule has 0 N–H and O–H groups in total. The third kappa shape index (κ3) is 2.13. The van der Waals surface area contributed by atoms with Gasteiger partial charge in [-0.15, -0.1) is 0 Å². The lowest BCUT2D eigenvalue weighted by Crippen LogP contribution is -2.44. The third-order valence-corrected chi connectivity index (χ3v) is 4.14. The van der Waals surface area contributed by atoms with Crippen molar-refractivity contribution < 1.29 is 19.1 Å². The molecule has 96 valence electrons. The molecule has 0 aliphatic heterocycles. The predicted octanol–water partition coefficient (Wildman–Crippen LogP) is 1.90. The van der Waals surface area contributed by atoms with E-state index in [0.717, 1.165) is 0 Å². The van der Waals surface area contributed by atoms with Crippen LogP contribution in [0.25, 0.3) is 0 Å². The van der Waals surface area contributed by atoms with Crippen LogP contribution < -0.4 is 0 Å². The van der Waals surface area contributed by atoms with E-state index in [4.69, 9.17) is 0 Å². The van der Waals surface area contributed by atoms with Gasteiger partial charge in [0.05, 0.1) is 12.5 Å². The summed E-state index contributed by atoms with van der Waals surface area (Å²) < 4.78 is 4.58. The Morgan fingerprint density at radius 1 is 1.35 bits per heavy atom. The minimum Gasteiger partial charge on any atom is -0.469 e. The third-order valence-electron chi connectivity index (χ3n) is 4.14. The molecular formula is C13H20O4. The second kappa shape index (κ2) is 4.59. The second-order valence-corrected chi connectivity index (χ2v) is 5.34. The first-order valence-electron chi connectivity index (χ1n) is 5.89. The molecule has 1 saturated carbocycles. The van der Waals surface area contributed by atoms with E-state index in [0.29, 0.717) is 12.8 Å². The number of carbonyl (C=O) groups excluding carboxylic acids is 3. The van der Waals surface area contributed by atoms with Gasteiger partial charge in [0.1, 0.15) is 11.6 Å². The molecule has 1 rings (SSSR count). The fourth-order valence-electron chi connectivity index (χ4n) is 2.95. The lowest BCUT2D eigenvalue weighted by Gasteiger charge is -2.37. The molecule has 4 nitrogen and oxygen atoms in total. The van der Waals surface area contributed by atoms with Crippen molar-refractivity contribution in [3.63, 3.8) is 0 Å². The first-order valence-corrected chi connectivity index (χ1v) is 5.89. The molecule has 0 aromatic carbocycles. The molecule has 0 bridgehead atoms. The molecule has 1 aliphatic rings. The van der Waals surface area contributed by atoms with Crippen LogP contribution in [0, 0.1) is 10.8 Å². The summed E-state index contributed by atoms with van der Waals surface area (Å²) in [5.41, 5.74) is -1.37. The number of ketones is 2. The van der Waals surface area contributed by atoms with Gasteiger partial charge < -0.3 is 4.74 Å². The summed E-state index contributed by atoms with van der Waals surface area (Å²) in [6.45, 7) is 5.30. The van der Waals surface area contributed by atoms with Gasteiger partial charge in [-0.1, -0.05) is 13.8 Å². The summed E-state index contributed by atoms with van der Waals surface area (Å²) in [5.74, 6) is -0.533. The van der Waals surface area contributed by atoms with Crippen LogP contribution in [0.3, 0.4) is 0 Å². The van der Waals surface area contributed by atoms with E-state index in [2.05, 4.69) is 4.74 Å². The number of methoxy groups -OCH3 is 1. The van der Waals surface area contributed by atoms with E-state index in [-0.39, 0.29) is 35.8 Å². The first kappa shape index (κ1) is 13.9. The Kier molecular flexibility index (Phi) is 3.74. The highest BCUT2D eigenvalue weighted by Crippen LogP contribution is 2.53. The van der Waals surface area contributed by atoms with Gasteiger partial charge in [-0.05, 0) is 25.2 Å². The van der Waals surface area contributed by atoms with Gasteiger partial charge in [0, 0.05) is 12.8 Å². The normalized spacial score (nSPS) is 26.9. The van der Waals surface area contributed by atoms with Gasteiger partial charge in [0.15, 0.2) is 0 Å². The molecule has 0 amide bonds. The quantitative estimate of drug-likeness (QED) is 0.556. The van der Waals surface area contributed by atoms with E-state index in [1.54, 1.807) is 0 Å². The number of hydrogen-bond acceptors (Lipinski definition) is 4. The SMILES string of the molecule is COC(=O)CCC1(C(C)=O)C(=O)CCC1(C)C. The Morgan fingerprint density at radius 3 is 2.29 bits per heavy atom. The molecule has 0 saturated heterocycles. The molecule has 0 aromatic heterocycles. The molecule has 0 spiro atoms. The monoisotopic (exact) mass is 240 g/mol. The Balaban J connectivity index is 3.01. The average molecular weight is 240 g/mol. The topological polar surface area (TPSA) is 60.4 Å². The van der Waals surface area contributed by atoms with Crippen LogP contribution in [0.2, 0.25) is 0 Å². The predicted molar refractivity (Wildman–Crippen MR) is 62.4 cm³/mol. The van der Waals surface area contributed by atoms with Crippen LogP contribution in [0.15, 0.2) is 0 Å². The van der Waals surface area contributed by atoms with Gasteiger partial charge in [0.2, 0.25) is 0 Å². The highest BCUT2D eigenvalue weighted by molar-refractivity contribution is 6.08. The van der Waals surface area contributed by atoms with Crippen molar-refractivity contribution in [3.8, 4) is 0 Å². The summed E-state index contributed by atoms with van der Waals surface area (Å²) in [6, 6.07) is 0. The number of Topliss-reactive ketones (excluding diaryl/α,β-unsaturated/α-hetero) is 2. The zero-order chi connectivity index (χ0) is 13.3. The van der Waals surface area contributed by atoms with Crippen molar-refractivity contribution in [3.05, 3.63) is 0 Å². The lowest BCUT2D eigenvalue weighted by molar-refractivity contribution is -0.146. The van der Waals surface area contributed by atoms with Crippen molar-refractivity contribution in [1.82, 2.24) is 0 Å². The minimum absolute atomic E-state index is 0.0288. The first-order chi connectivity index (χ1) is 7.78. The zero-order valence-electron chi connectivity index (χ0n) is 11.0. The fourth-order valence-corrected chi connectivity index (χ4v) is 2.95. The number of ether oxygens (including phenoxy) is 1. The summed E-state index contributed by atoms with van der Waals surface area (Å²) in [5, 5.41) is 0.